The maximum absolute atomic E-state index is 10.7. The predicted molar refractivity (Wildman–Crippen MR) is 88.1 cm³/mol. The van der Waals surface area contributed by atoms with Gasteiger partial charge in [0.15, 0.2) is 0 Å². The summed E-state index contributed by atoms with van der Waals surface area (Å²) in [5.41, 5.74) is -0.0499. The Morgan fingerprint density at radius 3 is 2.77 bits per heavy atom. The lowest BCUT2D eigenvalue weighted by molar-refractivity contribution is -0.384. The molecule has 1 aliphatic carbocycles. The average Bonchev–Trinajstić information content (AvgIpc) is 3.32. The summed E-state index contributed by atoms with van der Waals surface area (Å²) >= 11 is 7.86. The minimum absolute atomic E-state index is 0.0499. The summed E-state index contributed by atoms with van der Waals surface area (Å²) in [6.07, 6.45) is 2.67. The van der Waals surface area contributed by atoms with E-state index < -0.39 is 4.92 Å². The highest BCUT2D eigenvalue weighted by molar-refractivity contribution is 7.99. The average molecular weight is 336 g/mol. The van der Waals surface area contributed by atoms with Gasteiger partial charge in [0.1, 0.15) is 11.5 Å². The molecule has 6 heteroatoms. The third-order valence-electron chi connectivity index (χ3n) is 3.34. The minimum Gasteiger partial charge on any atom is -0.456 e. The molecular formula is C16H14ClNO3S. The second-order valence-corrected chi connectivity index (χ2v) is 6.70. The van der Waals surface area contributed by atoms with Gasteiger partial charge in [-0.25, -0.2) is 0 Å². The van der Waals surface area contributed by atoms with E-state index in [0.29, 0.717) is 11.5 Å². The van der Waals surface area contributed by atoms with E-state index >= 15 is 0 Å². The zero-order chi connectivity index (χ0) is 15.5. The van der Waals surface area contributed by atoms with E-state index in [1.165, 1.54) is 31.0 Å². The maximum atomic E-state index is 10.7. The Kier molecular flexibility index (Phi) is 4.55. The zero-order valence-corrected chi connectivity index (χ0v) is 13.3. The lowest BCUT2D eigenvalue weighted by Gasteiger charge is -2.09. The highest BCUT2D eigenvalue weighted by atomic mass is 35.5. The Morgan fingerprint density at radius 1 is 1.27 bits per heavy atom. The number of halogens is 1. The van der Waals surface area contributed by atoms with Crippen LogP contribution < -0.4 is 4.74 Å². The zero-order valence-electron chi connectivity index (χ0n) is 11.7. The van der Waals surface area contributed by atoms with Crippen molar-refractivity contribution in [2.75, 3.05) is 5.75 Å². The molecule has 1 saturated carbocycles. The number of ether oxygens (including phenoxy) is 1. The Labute approximate surface area is 137 Å². The lowest BCUT2D eigenvalue weighted by atomic mass is 10.3. The van der Waals surface area contributed by atoms with Gasteiger partial charge in [0.05, 0.1) is 9.95 Å². The SMILES string of the molecule is O=[N+]([O-])c1ccc(Oc2cccc(SCC3CC3)c2)c(Cl)c1. The molecule has 1 aliphatic rings. The second kappa shape index (κ2) is 6.58. The number of rotatable bonds is 6. The van der Waals surface area contributed by atoms with E-state index in [9.17, 15) is 10.1 Å². The smallest absolute Gasteiger partial charge is 0.271 e. The first-order valence-electron chi connectivity index (χ1n) is 6.96. The van der Waals surface area contributed by atoms with Crippen molar-refractivity contribution >= 4 is 29.1 Å². The van der Waals surface area contributed by atoms with Gasteiger partial charge < -0.3 is 4.74 Å². The van der Waals surface area contributed by atoms with E-state index in [1.807, 2.05) is 30.0 Å². The molecule has 0 N–H and O–H groups in total. The van der Waals surface area contributed by atoms with Crippen LogP contribution in [-0.4, -0.2) is 10.7 Å². The van der Waals surface area contributed by atoms with E-state index in [0.717, 1.165) is 16.6 Å². The van der Waals surface area contributed by atoms with Crippen LogP contribution in [0.2, 0.25) is 5.02 Å². The molecule has 2 aromatic carbocycles. The third kappa shape index (κ3) is 3.93. The molecule has 0 saturated heterocycles. The number of hydrogen-bond donors (Lipinski definition) is 0. The van der Waals surface area contributed by atoms with Crippen molar-refractivity contribution in [1.82, 2.24) is 0 Å². The van der Waals surface area contributed by atoms with Gasteiger partial charge in [0.2, 0.25) is 0 Å². The normalized spacial score (nSPS) is 13.9. The van der Waals surface area contributed by atoms with Crippen molar-refractivity contribution < 1.29 is 9.66 Å². The van der Waals surface area contributed by atoms with Crippen LogP contribution in [0.15, 0.2) is 47.4 Å². The quantitative estimate of drug-likeness (QED) is 0.395. The first-order chi connectivity index (χ1) is 10.6. The summed E-state index contributed by atoms with van der Waals surface area (Å²) < 4.78 is 5.74. The molecule has 3 rings (SSSR count). The minimum atomic E-state index is -0.481. The maximum Gasteiger partial charge on any atom is 0.271 e. The summed E-state index contributed by atoms with van der Waals surface area (Å²) in [6, 6.07) is 12.0. The van der Waals surface area contributed by atoms with Gasteiger partial charge >= 0.3 is 0 Å². The molecule has 0 bridgehead atoms. The largest absolute Gasteiger partial charge is 0.456 e. The van der Waals surface area contributed by atoms with Crippen molar-refractivity contribution in [3.63, 3.8) is 0 Å². The van der Waals surface area contributed by atoms with Gasteiger partial charge in [0.25, 0.3) is 5.69 Å². The van der Waals surface area contributed by atoms with Gasteiger partial charge in [-0.05, 0) is 43.0 Å². The number of nitrogens with zero attached hydrogens (tertiary/aromatic N) is 1. The Morgan fingerprint density at radius 2 is 2.09 bits per heavy atom. The number of nitro benzene ring substituents is 1. The Hall–Kier alpha value is -1.72. The van der Waals surface area contributed by atoms with E-state index in [1.54, 1.807) is 0 Å². The molecule has 114 valence electrons. The van der Waals surface area contributed by atoms with Crippen LogP contribution in [0, 0.1) is 16.0 Å². The summed E-state index contributed by atoms with van der Waals surface area (Å²) in [4.78, 5) is 11.4. The molecule has 0 unspecified atom stereocenters. The van der Waals surface area contributed by atoms with Crippen LogP contribution in [-0.2, 0) is 0 Å². The van der Waals surface area contributed by atoms with Crippen LogP contribution in [0.5, 0.6) is 11.5 Å². The van der Waals surface area contributed by atoms with Gasteiger partial charge in [-0.1, -0.05) is 17.7 Å². The number of thioether (sulfide) groups is 1. The molecule has 0 spiro atoms. The van der Waals surface area contributed by atoms with Crippen molar-refractivity contribution in [3.8, 4) is 11.5 Å². The third-order valence-corrected chi connectivity index (χ3v) is 4.86. The first-order valence-corrected chi connectivity index (χ1v) is 8.33. The topological polar surface area (TPSA) is 52.4 Å². The van der Waals surface area contributed by atoms with Crippen LogP contribution in [0.25, 0.3) is 0 Å². The molecule has 0 amide bonds. The lowest BCUT2D eigenvalue weighted by Crippen LogP contribution is -1.90. The molecule has 2 aromatic rings. The van der Waals surface area contributed by atoms with E-state index in [2.05, 4.69) is 6.07 Å². The summed E-state index contributed by atoms with van der Waals surface area (Å²) in [7, 11) is 0. The highest BCUT2D eigenvalue weighted by Crippen LogP contribution is 2.37. The fourth-order valence-corrected chi connectivity index (χ4v) is 3.29. The summed E-state index contributed by atoms with van der Waals surface area (Å²) in [5.74, 6) is 3.09. The van der Waals surface area contributed by atoms with Gasteiger partial charge in [-0.3, -0.25) is 10.1 Å². The van der Waals surface area contributed by atoms with Gasteiger partial charge in [0, 0.05) is 22.8 Å². The molecule has 4 nitrogen and oxygen atoms in total. The van der Waals surface area contributed by atoms with Crippen molar-refractivity contribution in [2.45, 2.75) is 17.7 Å². The predicted octanol–water partition coefficient (Wildman–Crippen LogP) is 5.54. The summed E-state index contributed by atoms with van der Waals surface area (Å²) in [5, 5.41) is 10.9. The molecule has 22 heavy (non-hydrogen) atoms. The van der Waals surface area contributed by atoms with Crippen LogP contribution >= 0.6 is 23.4 Å². The van der Waals surface area contributed by atoms with Crippen molar-refractivity contribution in [1.29, 1.82) is 0 Å². The van der Waals surface area contributed by atoms with Crippen molar-refractivity contribution in [2.24, 2.45) is 5.92 Å². The fraction of sp³-hybridized carbons (Fsp3) is 0.250. The Bertz CT molecular complexity index is 704. The van der Waals surface area contributed by atoms with E-state index in [4.69, 9.17) is 16.3 Å². The highest BCUT2D eigenvalue weighted by Gasteiger charge is 2.21. The molecular weight excluding hydrogens is 322 g/mol. The van der Waals surface area contributed by atoms with Gasteiger partial charge in [-0.15, -0.1) is 11.8 Å². The molecule has 0 aromatic heterocycles. The number of non-ortho nitro benzene ring substituents is 1. The number of nitro groups is 1. The van der Waals surface area contributed by atoms with Crippen LogP contribution in [0.1, 0.15) is 12.8 Å². The fourth-order valence-electron chi connectivity index (χ4n) is 1.94. The van der Waals surface area contributed by atoms with Crippen LogP contribution in [0.4, 0.5) is 5.69 Å². The number of benzene rings is 2. The first kappa shape index (κ1) is 15.2. The Balaban J connectivity index is 1.71. The standard InChI is InChI=1S/C16H14ClNO3S/c17-15-8-12(18(19)20)6-7-16(15)21-13-2-1-3-14(9-13)22-10-11-4-5-11/h1-3,6-9,11H,4-5,10H2. The van der Waals surface area contributed by atoms with Crippen molar-refractivity contribution in [3.05, 3.63) is 57.6 Å². The number of hydrogen-bond acceptors (Lipinski definition) is 4. The second-order valence-electron chi connectivity index (χ2n) is 5.20. The van der Waals surface area contributed by atoms with E-state index in [-0.39, 0.29) is 10.7 Å². The molecule has 0 aliphatic heterocycles. The molecule has 0 radical (unpaired) electrons. The monoisotopic (exact) mass is 335 g/mol. The van der Waals surface area contributed by atoms with Gasteiger partial charge in [-0.2, -0.15) is 0 Å². The molecule has 0 atom stereocenters. The molecule has 1 fully saturated rings. The molecule has 0 heterocycles. The summed E-state index contributed by atoms with van der Waals surface area (Å²) in [6.45, 7) is 0. The van der Waals surface area contributed by atoms with Crippen LogP contribution in [0.3, 0.4) is 0 Å².